The van der Waals surface area contributed by atoms with Gasteiger partial charge in [-0.3, -0.25) is 0 Å². The Labute approximate surface area is 136 Å². The van der Waals surface area contributed by atoms with Crippen LogP contribution in [0, 0.1) is 0 Å². The Bertz CT molecular complexity index is 640. The van der Waals surface area contributed by atoms with E-state index in [1.807, 2.05) is 6.92 Å². The van der Waals surface area contributed by atoms with Crippen LogP contribution in [-0.2, 0) is 10.0 Å². The van der Waals surface area contributed by atoms with Crippen LogP contribution in [0.3, 0.4) is 0 Å². The van der Waals surface area contributed by atoms with E-state index < -0.39 is 10.0 Å². The van der Waals surface area contributed by atoms with E-state index >= 15 is 0 Å². The number of nitrogens with two attached hydrogens (primary N) is 1. The molecule has 0 amide bonds. The van der Waals surface area contributed by atoms with Gasteiger partial charge in [-0.05, 0) is 25.0 Å². The van der Waals surface area contributed by atoms with E-state index in [1.54, 1.807) is 10.4 Å². The molecule has 0 unspecified atom stereocenters. The van der Waals surface area contributed by atoms with Crippen LogP contribution in [0.5, 0.6) is 0 Å². The SMILES string of the molecule is CCN(C1CCCC1)S(=O)(=O)c1cc(C(N)=S)ccc1Cl. The highest BCUT2D eigenvalue weighted by Gasteiger charge is 2.33. The third-order valence-corrected chi connectivity index (χ3v) is 6.59. The zero-order valence-electron chi connectivity index (χ0n) is 11.9. The van der Waals surface area contributed by atoms with E-state index in [4.69, 9.17) is 29.6 Å². The summed E-state index contributed by atoms with van der Waals surface area (Å²) in [5.41, 5.74) is 6.10. The molecule has 0 bridgehead atoms. The first-order valence-corrected chi connectivity index (χ1v) is 9.21. The standard InChI is InChI=1S/C14H19ClN2O2S2/c1-2-17(11-5-3-4-6-11)21(18,19)13-9-10(14(16)20)7-8-12(13)15/h7-9,11H,2-6H2,1H3,(H2,16,20). The lowest BCUT2D eigenvalue weighted by molar-refractivity contribution is 0.335. The van der Waals surface area contributed by atoms with Crippen LogP contribution >= 0.6 is 23.8 Å². The minimum absolute atomic E-state index is 0.0598. The highest BCUT2D eigenvalue weighted by Crippen LogP contribution is 2.31. The minimum Gasteiger partial charge on any atom is -0.389 e. The molecule has 21 heavy (non-hydrogen) atoms. The molecule has 1 aromatic carbocycles. The number of sulfonamides is 1. The van der Waals surface area contributed by atoms with Gasteiger partial charge in [0.1, 0.15) is 9.88 Å². The van der Waals surface area contributed by atoms with Gasteiger partial charge in [0.25, 0.3) is 0 Å². The van der Waals surface area contributed by atoms with E-state index in [1.165, 1.54) is 12.1 Å². The van der Waals surface area contributed by atoms with Gasteiger partial charge < -0.3 is 5.73 Å². The van der Waals surface area contributed by atoms with Gasteiger partial charge in [0, 0.05) is 18.2 Å². The Morgan fingerprint density at radius 3 is 2.57 bits per heavy atom. The van der Waals surface area contributed by atoms with Crippen LogP contribution in [0.25, 0.3) is 0 Å². The van der Waals surface area contributed by atoms with Crippen molar-refractivity contribution in [3.05, 3.63) is 28.8 Å². The van der Waals surface area contributed by atoms with E-state index in [0.717, 1.165) is 25.7 Å². The van der Waals surface area contributed by atoms with E-state index in [-0.39, 0.29) is 20.9 Å². The van der Waals surface area contributed by atoms with Gasteiger partial charge in [-0.2, -0.15) is 4.31 Å². The Morgan fingerprint density at radius 2 is 2.05 bits per heavy atom. The first kappa shape index (κ1) is 16.7. The number of rotatable bonds is 5. The summed E-state index contributed by atoms with van der Waals surface area (Å²) in [7, 11) is -3.64. The van der Waals surface area contributed by atoms with Gasteiger partial charge in [0.05, 0.1) is 5.02 Å². The van der Waals surface area contributed by atoms with Gasteiger partial charge in [0.2, 0.25) is 10.0 Å². The smallest absolute Gasteiger partial charge is 0.244 e. The minimum atomic E-state index is -3.64. The average molecular weight is 347 g/mol. The second-order valence-corrected chi connectivity index (χ2v) is 7.86. The fourth-order valence-corrected chi connectivity index (χ4v) is 5.12. The molecule has 0 aromatic heterocycles. The van der Waals surface area contributed by atoms with Crippen molar-refractivity contribution in [2.75, 3.05) is 6.54 Å². The quantitative estimate of drug-likeness (QED) is 0.832. The molecular formula is C14H19ClN2O2S2. The maximum absolute atomic E-state index is 12.9. The van der Waals surface area contributed by atoms with Crippen LogP contribution in [0.2, 0.25) is 5.02 Å². The normalized spacial score (nSPS) is 16.5. The van der Waals surface area contributed by atoms with Crippen molar-refractivity contribution in [3.63, 3.8) is 0 Å². The van der Waals surface area contributed by atoms with Crippen molar-refractivity contribution < 1.29 is 8.42 Å². The van der Waals surface area contributed by atoms with Crippen molar-refractivity contribution >= 4 is 38.8 Å². The summed E-state index contributed by atoms with van der Waals surface area (Å²) >= 11 is 11.0. The summed E-state index contributed by atoms with van der Waals surface area (Å²) < 4.78 is 27.4. The summed E-state index contributed by atoms with van der Waals surface area (Å²) in [6.45, 7) is 2.28. The number of nitrogens with zero attached hydrogens (tertiary/aromatic N) is 1. The Kier molecular flexibility index (Phi) is 5.24. The zero-order chi connectivity index (χ0) is 15.6. The molecule has 0 aliphatic heterocycles. The van der Waals surface area contributed by atoms with E-state index in [9.17, 15) is 8.42 Å². The summed E-state index contributed by atoms with van der Waals surface area (Å²) in [4.78, 5) is 0.246. The van der Waals surface area contributed by atoms with Gasteiger partial charge >= 0.3 is 0 Å². The maximum atomic E-state index is 12.9. The molecule has 7 heteroatoms. The van der Waals surface area contributed by atoms with Gasteiger partial charge in [0.15, 0.2) is 0 Å². The first-order chi connectivity index (χ1) is 9.87. The molecule has 1 aliphatic rings. The van der Waals surface area contributed by atoms with Crippen molar-refractivity contribution in [2.24, 2.45) is 5.73 Å². The van der Waals surface area contributed by atoms with Crippen molar-refractivity contribution in [3.8, 4) is 0 Å². The molecule has 2 rings (SSSR count). The molecule has 1 aliphatic carbocycles. The van der Waals surface area contributed by atoms with Crippen LogP contribution in [0.4, 0.5) is 0 Å². The number of thiocarbonyl (C=S) groups is 1. The topological polar surface area (TPSA) is 63.4 Å². The van der Waals surface area contributed by atoms with Gasteiger partial charge in [-0.15, -0.1) is 0 Å². The van der Waals surface area contributed by atoms with Crippen molar-refractivity contribution in [1.29, 1.82) is 0 Å². The predicted octanol–water partition coefficient (Wildman–Crippen LogP) is 2.93. The maximum Gasteiger partial charge on any atom is 0.244 e. The third-order valence-electron chi connectivity index (χ3n) is 3.85. The number of benzene rings is 1. The lowest BCUT2D eigenvalue weighted by Gasteiger charge is -2.27. The average Bonchev–Trinajstić information content (AvgIpc) is 2.93. The molecule has 2 N–H and O–H groups in total. The second-order valence-electron chi connectivity index (χ2n) is 5.16. The molecule has 0 radical (unpaired) electrons. The molecular weight excluding hydrogens is 328 g/mol. The lowest BCUT2D eigenvalue weighted by Crippen LogP contribution is -2.38. The first-order valence-electron chi connectivity index (χ1n) is 6.99. The van der Waals surface area contributed by atoms with Crippen LogP contribution < -0.4 is 5.73 Å². The summed E-state index contributed by atoms with van der Waals surface area (Å²) in [6.07, 6.45) is 3.94. The van der Waals surface area contributed by atoms with Gasteiger partial charge in [-0.1, -0.05) is 49.7 Å². The third kappa shape index (κ3) is 3.39. The molecule has 0 heterocycles. The van der Waals surface area contributed by atoms with Crippen LogP contribution in [-0.4, -0.2) is 30.3 Å². The molecule has 0 spiro atoms. The Hall–Kier alpha value is -0.690. The summed E-state index contributed by atoms with van der Waals surface area (Å²) in [6, 6.07) is 4.70. The van der Waals surface area contributed by atoms with E-state index in [0.29, 0.717) is 12.1 Å². The largest absolute Gasteiger partial charge is 0.389 e. The number of hydrogen-bond donors (Lipinski definition) is 1. The summed E-state index contributed by atoms with van der Waals surface area (Å²) in [5.74, 6) is 0. The molecule has 1 saturated carbocycles. The predicted molar refractivity (Wildman–Crippen MR) is 89.2 cm³/mol. The number of hydrogen-bond acceptors (Lipinski definition) is 3. The monoisotopic (exact) mass is 346 g/mol. The Morgan fingerprint density at radius 1 is 1.43 bits per heavy atom. The fourth-order valence-electron chi connectivity index (χ4n) is 2.80. The summed E-state index contributed by atoms with van der Waals surface area (Å²) in [5, 5.41) is 0.200. The molecule has 4 nitrogen and oxygen atoms in total. The number of halogens is 1. The van der Waals surface area contributed by atoms with Gasteiger partial charge in [-0.25, -0.2) is 8.42 Å². The Balaban J connectivity index is 2.46. The second kappa shape index (κ2) is 6.60. The van der Waals surface area contributed by atoms with E-state index in [2.05, 4.69) is 0 Å². The van der Waals surface area contributed by atoms with Crippen LogP contribution in [0.15, 0.2) is 23.1 Å². The molecule has 116 valence electrons. The highest BCUT2D eigenvalue weighted by molar-refractivity contribution is 7.89. The molecule has 0 atom stereocenters. The molecule has 0 saturated heterocycles. The highest BCUT2D eigenvalue weighted by atomic mass is 35.5. The molecule has 1 aromatic rings. The van der Waals surface area contributed by atoms with Crippen molar-refractivity contribution in [2.45, 2.75) is 43.5 Å². The molecule has 1 fully saturated rings. The lowest BCUT2D eigenvalue weighted by atomic mass is 10.2. The zero-order valence-corrected chi connectivity index (χ0v) is 14.3. The van der Waals surface area contributed by atoms with Crippen molar-refractivity contribution in [1.82, 2.24) is 4.31 Å². The fraction of sp³-hybridized carbons (Fsp3) is 0.500. The van der Waals surface area contributed by atoms with Crippen LogP contribution in [0.1, 0.15) is 38.2 Å².